The number of benzene rings is 1. The SMILES string of the molecule is Cc1ccc(-c2nc(C3CCCC3)cc(=O)[nH]2)cc1. The summed E-state index contributed by atoms with van der Waals surface area (Å²) in [6.07, 6.45) is 4.81. The van der Waals surface area contributed by atoms with Crippen molar-refractivity contribution in [3.63, 3.8) is 0 Å². The molecule has 0 saturated heterocycles. The van der Waals surface area contributed by atoms with Crippen LogP contribution in [0.2, 0.25) is 0 Å². The molecule has 1 N–H and O–H groups in total. The summed E-state index contributed by atoms with van der Waals surface area (Å²) in [4.78, 5) is 19.3. The van der Waals surface area contributed by atoms with E-state index in [1.54, 1.807) is 6.07 Å². The average molecular weight is 254 g/mol. The van der Waals surface area contributed by atoms with Gasteiger partial charge in [0, 0.05) is 17.5 Å². The Labute approximate surface area is 112 Å². The molecule has 3 rings (SSSR count). The number of hydrogen-bond donors (Lipinski definition) is 1. The molecule has 2 aromatic rings. The van der Waals surface area contributed by atoms with E-state index < -0.39 is 0 Å². The molecule has 0 amide bonds. The van der Waals surface area contributed by atoms with Crippen LogP contribution in [0.15, 0.2) is 35.1 Å². The highest BCUT2D eigenvalue weighted by Gasteiger charge is 2.19. The van der Waals surface area contributed by atoms with Crippen molar-refractivity contribution < 1.29 is 0 Å². The molecule has 19 heavy (non-hydrogen) atoms. The van der Waals surface area contributed by atoms with Gasteiger partial charge >= 0.3 is 0 Å². The van der Waals surface area contributed by atoms with Gasteiger partial charge in [-0.25, -0.2) is 4.98 Å². The third kappa shape index (κ3) is 2.60. The Morgan fingerprint density at radius 3 is 2.53 bits per heavy atom. The Kier molecular flexibility index (Phi) is 3.20. The topological polar surface area (TPSA) is 45.8 Å². The highest BCUT2D eigenvalue weighted by atomic mass is 16.1. The molecular formula is C16H18N2O. The lowest BCUT2D eigenvalue weighted by molar-refractivity contribution is 0.693. The summed E-state index contributed by atoms with van der Waals surface area (Å²) in [5.41, 5.74) is 3.09. The van der Waals surface area contributed by atoms with E-state index in [2.05, 4.69) is 16.9 Å². The van der Waals surface area contributed by atoms with E-state index >= 15 is 0 Å². The van der Waals surface area contributed by atoms with Crippen LogP contribution < -0.4 is 5.56 Å². The van der Waals surface area contributed by atoms with Gasteiger partial charge in [-0.3, -0.25) is 4.79 Å². The molecule has 0 aliphatic heterocycles. The summed E-state index contributed by atoms with van der Waals surface area (Å²) in [7, 11) is 0. The van der Waals surface area contributed by atoms with Crippen LogP contribution in [0.25, 0.3) is 11.4 Å². The molecule has 1 aromatic carbocycles. The van der Waals surface area contributed by atoms with Gasteiger partial charge in [-0.1, -0.05) is 42.7 Å². The second-order valence-electron chi connectivity index (χ2n) is 5.37. The van der Waals surface area contributed by atoms with Crippen molar-refractivity contribution in [3.8, 4) is 11.4 Å². The van der Waals surface area contributed by atoms with Crippen molar-refractivity contribution in [2.45, 2.75) is 38.5 Å². The summed E-state index contributed by atoms with van der Waals surface area (Å²) in [6, 6.07) is 9.75. The van der Waals surface area contributed by atoms with E-state index in [0.717, 1.165) is 24.1 Å². The monoisotopic (exact) mass is 254 g/mol. The zero-order valence-electron chi connectivity index (χ0n) is 11.1. The first kappa shape index (κ1) is 12.2. The van der Waals surface area contributed by atoms with Gasteiger partial charge in [0.15, 0.2) is 0 Å². The van der Waals surface area contributed by atoms with E-state index in [1.807, 2.05) is 24.3 Å². The first-order valence-corrected chi connectivity index (χ1v) is 6.91. The molecule has 0 radical (unpaired) electrons. The minimum atomic E-state index is -0.0486. The standard InChI is InChI=1S/C16H18N2O/c1-11-6-8-13(9-7-11)16-17-14(10-15(19)18-16)12-4-2-3-5-12/h6-10,12H,2-5H2,1H3,(H,17,18,19). The van der Waals surface area contributed by atoms with Crippen LogP contribution in [0.4, 0.5) is 0 Å². The molecule has 3 heteroatoms. The molecule has 1 aromatic heterocycles. The number of hydrogen-bond acceptors (Lipinski definition) is 2. The third-order valence-electron chi connectivity index (χ3n) is 3.86. The molecule has 0 spiro atoms. The number of nitrogens with one attached hydrogen (secondary N) is 1. The quantitative estimate of drug-likeness (QED) is 0.892. The van der Waals surface area contributed by atoms with Gasteiger partial charge in [-0.2, -0.15) is 0 Å². The van der Waals surface area contributed by atoms with E-state index in [4.69, 9.17) is 0 Å². The normalized spacial score (nSPS) is 15.8. The van der Waals surface area contributed by atoms with E-state index in [-0.39, 0.29) is 5.56 Å². The molecule has 0 atom stereocenters. The van der Waals surface area contributed by atoms with Crippen LogP contribution in [0, 0.1) is 6.92 Å². The van der Waals surface area contributed by atoms with Crippen molar-refractivity contribution in [2.24, 2.45) is 0 Å². The molecule has 1 heterocycles. The number of H-pyrrole nitrogens is 1. The van der Waals surface area contributed by atoms with Gasteiger partial charge in [0.2, 0.25) is 0 Å². The van der Waals surface area contributed by atoms with Crippen LogP contribution in [0.3, 0.4) is 0 Å². The van der Waals surface area contributed by atoms with Crippen LogP contribution in [-0.2, 0) is 0 Å². The van der Waals surface area contributed by atoms with Crippen LogP contribution in [0.5, 0.6) is 0 Å². The molecular weight excluding hydrogens is 236 g/mol. The lowest BCUT2D eigenvalue weighted by Gasteiger charge is -2.09. The zero-order chi connectivity index (χ0) is 13.2. The first-order valence-electron chi connectivity index (χ1n) is 6.91. The van der Waals surface area contributed by atoms with Crippen molar-refractivity contribution in [1.29, 1.82) is 0 Å². The van der Waals surface area contributed by atoms with Gasteiger partial charge < -0.3 is 4.98 Å². The maximum absolute atomic E-state index is 11.8. The molecule has 98 valence electrons. The van der Waals surface area contributed by atoms with Gasteiger partial charge in [0.1, 0.15) is 5.82 Å². The van der Waals surface area contributed by atoms with Crippen molar-refractivity contribution >= 4 is 0 Å². The smallest absolute Gasteiger partial charge is 0.251 e. The fourth-order valence-electron chi connectivity index (χ4n) is 2.76. The third-order valence-corrected chi connectivity index (χ3v) is 3.86. The molecule has 1 saturated carbocycles. The Morgan fingerprint density at radius 2 is 1.84 bits per heavy atom. The Morgan fingerprint density at radius 1 is 1.16 bits per heavy atom. The van der Waals surface area contributed by atoms with E-state index in [9.17, 15) is 4.79 Å². The summed E-state index contributed by atoms with van der Waals surface area (Å²) >= 11 is 0. The van der Waals surface area contributed by atoms with Crippen LogP contribution in [0.1, 0.15) is 42.9 Å². The highest BCUT2D eigenvalue weighted by Crippen LogP contribution is 2.32. The fraction of sp³-hybridized carbons (Fsp3) is 0.375. The summed E-state index contributed by atoms with van der Waals surface area (Å²) in [5, 5.41) is 0. The lowest BCUT2D eigenvalue weighted by Crippen LogP contribution is -2.12. The summed E-state index contributed by atoms with van der Waals surface area (Å²) in [6.45, 7) is 2.05. The second-order valence-corrected chi connectivity index (χ2v) is 5.37. The number of nitrogens with zero attached hydrogens (tertiary/aromatic N) is 1. The molecule has 1 fully saturated rings. The average Bonchev–Trinajstić information content (AvgIpc) is 2.93. The Balaban J connectivity index is 2.01. The maximum Gasteiger partial charge on any atom is 0.251 e. The molecule has 1 aliphatic rings. The highest BCUT2D eigenvalue weighted by molar-refractivity contribution is 5.55. The van der Waals surface area contributed by atoms with E-state index in [0.29, 0.717) is 11.7 Å². The predicted octanol–water partition coefficient (Wildman–Crippen LogP) is 3.40. The molecule has 3 nitrogen and oxygen atoms in total. The van der Waals surface area contributed by atoms with Gasteiger partial charge in [0.05, 0.1) is 5.69 Å². The predicted molar refractivity (Wildman–Crippen MR) is 76.2 cm³/mol. The molecule has 0 bridgehead atoms. The minimum absolute atomic E-state index is 0.0486. The maximum atomic E-state index is 11.8. The minimum Gasteiger partial charge on any atom is -0.307 e. The van der Waals surface area contributed by atoms with Crippen molar-refractivity contribution in [3.05, 3.63) is 51.9 Å². The van der Waals surface area contributed by atoms with Crippen LogP contribution >= 0.6 is 0 Å². The molecule has 0 unspecified atom stereocenters. The second kappa shape index (κ2) is 5.00. The zero-order valence-corrected chi connectivity index (χ0v) is 11.1. The largest absolute Gasteiger partial charge is 0.307 e. The number of rotatable bonds is 2. The fourth-order valence-corrected chi connectivity index (χ4v) is 2.76. The first-order chi connectivity index (χ1) is 9.22. The summed E-state index contributed by atoms with van der Waals surface area (Å²) in [5.74, 6) is 1.15. The van der Waals surface area contributed by atoms with Gasteiger partial charge in [-0.05, 0) is 19.8 Å². The van der Waals surface area contributed by atoms with Gasteiger partial charge in [0.25, 0.3) is 5.56 Å². The number of aromatic amines is 1. The Hall–Kier alpha value is -1.90. The van der Waals surface area contributed by atoms with Crippen LogP contribution in [-0.4, -0.2) is 9.97 Å². The molecule has 1 aliphatic carbocycles. The lowest BCUT2D eigenvalue weighted by atomic mass is 10.0. The van der Waals surface area contributed by atoms with E-state index in [1.165, 1.54) is 18.4 Å². The Bertz CT molecular complexity index is 622. The number of aryl methyl sites for hydroxylation is 1. The van der Waals surface area contributed by atoms with Crippen molar-refractivity contribution in [2.75, 3.05) is 0 Å². The van der Waals surface area contributed by atoms with Crippen molar-refractivity contribution in [1.82, 2.24) is 9.97 Å². The van der Waals surface area contributed by atoms with Gasteiger partial charge in [-0.15, -0.1) is 0 Å². The summed E-state index contributed by atoms with van der Waals surface area (Å²) < 4.78 is 0. The number of aromatic nitrogens is 2.